The molecule has 16 heavy (non-hydrogen) atoms. The van der Waals surface area contributed by atoms with Crippen LogP contribution in [-0.2, 0) is 19.1 Å². The van der Waals surface area contributed by atoms with E-state index in [1.807, 2.05) is 0 Å². The highest BCUT2D eigenvalue weighted by molar-refractivity contribution is 5.97. The van der Waals surface area contributed by atoms with Crippen LogP contribution in [0.1, 0.15) is 27.2 Å². The first-order valence-electron chi connectivity index (χ1n) is 4.84. The first kappa shape index (κ1) is 16.8. The largest absolute Gasteiger partial charge is 0.481 e. The molecule has 0 fully saturated rings. The Morgan fingerprint density at radius 3 is 2.06 bits per heavy atom. The van der Waals surface area contributed by atoms with Crippen molar-refractivity contribution in [2.75, 3.05) is 6.61 Å². The third-order valence-electron chi connectivity index (χ3n) is 1.46. The van der Waals surface area contributed by atoms with Crippen molar-refractivity contribution in [3.63, 3.8) is 0 Å². The SMILES string of the molecule is C=CCC(C(C)=O)C(=O)OCC.CC(=O)O. The zero-order valence-electron chi connectivity index (χ0n) is 9.86. The van der Waals surface area contributed by atoms with Crippen molar-refractivity contribution in [1.29, 1.82) is 0 Å². The van der Waals surface area contributed by atoms with Gasteiger partial charge in [0.15, 0.2) is 0 Å². The van der Waals surface area contributed by atoms with Crippen LogP contribution in [0.5, 0.6) is 0 Å². The number of hydrogen-bond donors (Lipinski definition) is 1. The number of carboxylic acid groups (broad SMARTS) is 1. The third-order valence-corrected chi connectivity index (χ3v) is 1.46. The van der Waals surface area contributed by atoms with Gasteiger partial charge in [0.05, 0.1) is 6.61 Å². The lowest BCUT2D eigenvalue weighted by molar-refractivity contribution is -0.151. The summed E-state index contributed by atoms with van der Waals surface area (Å²) in [5.74, 6) is -2.12. The van der Waals surface area contributed by atoms with Crippen molar-refractivity contribution in [1.82, 2.24) is 0 Å². The molecule has 0 aromatic rings. The summed E-state index contributed by atoms with van der Waals surface area (Å²) in [6.45, 7) is 7.95. The van der Waals surface area contributed by atoms with E-state index in [0.29, 0.717) is 13.0 Å². The first-order chi connectivity index (χ1) is 7.36. The molecule has 0 aliphatic rings. The van der Waals surface area contributed by atoms with E-state index in [1.54, 1.807) is 13.0 Å². The van der Waals surface area contributed by atoms with Crippen LogP contribution in [0.15, 0.2) is 12.7 Å². The molecule has 0 aromatic carbocycles. The Bertz CT molecular complexity index is 253. The fourth-order valence-corrected chi connectivity index (χ4v) is 0.838. The van der Waals surface area contributed by atoms with Gasteiger partial charge in [-0.1, -0.05) is 6.08 Å². The molecule has 0 bridgehead atoms. The number of rotatable bonds is 5. The van der Waals surface area contributed by atoms with Crippen LogP contribution < -0.4 is 0 Å². The molecule has 0 aliphatic heterocycles. The monoisotopic (exact) mass is 230 g/mol. The highest BCUT2D eigenvalue weighted by Gasteiger charge is 2.22. The number of aliphatic carboxylic acids is 1. The van der Waals surface area contributed by atoms with Gasteiger partial charge in [-0.3, -0.25) is 14.4 Å². The molecule has 0 radical (unpaired) electrons. The van der Waals surface area contributed by atoms with E-state index < -0.39 is 17.9 Å². The quantitative estimate of drug-likeness (QED) is 0.439. The summed E-state index contributed by atoms with van der Waals surface area (Å²) in [5, 5.41) is 7.42. The molecule has 0 aromatic heterocycles. The second-order valence-corrected chi connectivity index (χ2v) is 2.96. The maximum atomic E-state index is 11.1. The molecular formula is C11H18O5. The van der Waals surface area contributed by atoms with E-state index in [2.05, 4.69) is 6.58 Å². The highest BCUT2D eigenvalue weighted by atomic mass is 16.5. The smallest absolute Gasteiger partial charge is 0.316 e. The predicted octanol–water partition coefficient (Wildman–Crippen LogP) is 1.42. The summed E-state index contributed by atoms with van der Waals surface area (Å²) >= 11 is 0. The number of carboxylic acids is 1. The van der Waals surface area contributed by atoms with Crippen molar-refractivity contribution in [2.24, 2.45) is 5.92 Å². The maximum absolute atomic E-state index is 11.1. The molecule has 1 N–H and O–H groups in total. The summed E-state index contributed by atoms with van der Waals surface area (Å²) in [7, 11) is 0. The van der Waals surface area contributed by atoms with Gasteiger partial charge in [0.25, 0.3) is 5.97 Å². The molecule has 0 heterocycles. The average Bonchev–Trinajstić information content (AvgIpc) is 2.12. The first-order valence-corrected chi connectivity index (χ1v) is 4.84. The summed E-state index contributed by atoms with van der Waals surface area (Å²) < 4.78 is 4.71. The molecule has 1 atom stereocenters. The van der Waals surface area contributed by atoms with Crippen LogP contribution in [0.2, 0.25) is 0 Å². The molecule has 0 aliphatic carbocycles. The Kier molecular flexibility index (Phi) is 10.4. The minimum Gasteiger partial charge on any atom is -0.481 e. The number of esters is 1. The second-order valence-electron chi connectivity index (χ2n) is 2.96. The van der Waals surface area contributed by atoms with Gasteiger partial charge in [-0.2, -0.15) is 0 Å². The summed E-state index contributed by atoms with van der Waals surface area (Å²) in [4.78, 5) is 31.0. The molecule has 5 heteroatoms. The van der Waals surface area contributed by atoms with E-state index in [1.165, 1.54) is 6.92 Å². The summed E-state index contributed by atoms with van der Waals surface area (Å²) in [6.07, 6.45) is 1.90. The zero-order valence-corrected chi connectivity index (χ0v) is 9.86. The molecule has 0 spiro atoms. The predicted molar refractivity (Wildman–Crippen MR) is 58.9 cm³/mol. The molecule has 0 saturated heterocycles. The molecule has 0 saturated carbocycles. The van der Waals surface area contributed by atoms with Gasteiger partial charge in [-0.05, 0) is 20.3 Å². The van der Waals surface area contributed by atoms with Gasteiger partial charge < -0.3 is 9.84 Å². The highest BCUT2D eigenvalue weighted by Crippen LogP contribution is 2.07. The van der Waals surface area contributed by atoms with E-state index in [4.69, 9.17) is 14.6 Å². The number of ether oxygens (including phenoxy) is 1. The Hall–Kier alpha value is -1.65. The zero-order chi connectivity index (χ0) is 13.1. The van der Waals surface area contributed by atoms with E-state index in [0.717, 1.165) is 6.92 Å². The summed E-state index contributed by atoms with van der Waals surface area (Å²) in [6, 6.07) is 0. The Morgan fingerprint density at radius 2 is 1.81 bits per heavy atom. The van der Waals surface area contributed by atoms with Crippen LogP contribution in [0, 0.1) is 5.92 Å². The van der Waals surface area contributed by atoms with Crippen LogP contribution in [0.4, 0.5) is 0 Å². The minimum atomic E-state index is -0.833. The summed E-state index contributed by atoms with van der Waals surface area (Å²) in [5.41, 5.74) is 0. The molecule has 0 amide bonds. The Balaban J connectivity index is 0. The minimum absolute atomic E-state index is 0.173. The maximum Gasteiger partial charge on any atom is 0.316 e. The van der Waals surface area contributed by atoms with Gasteiger partial charge in [0.1, 0.15) is 11.7 Å². The van der Waals surface area contributed by atoms with Gasteiger partial charge in [-0.25, -0.2) is 0 Å². The molecule has 1 unspecified atom stereocenters. The molecule has 5 nitrogen and oxygen atoms in total. The number of ketones is 1. The van der Waals surface area contributed by atoms with Crippen molar-refractivity contribution >= 4 is 17.7 Å². The fraction of sp³-hybridized carbons (Fsp3) is 0.545. The van der Waals surface area contributed by atoms with Gasteiger partial charge >= 0.3 is 5.97 Å². The normalized spacial score (nSPS) is 10.4. The van der Waals surface area contributed by atoms with E-state index >= 15 is 0 Å². The van der Waals surface area contributed by atoms with Gasteiger partial charge in [0, 0.05) is 6.92 Å². The number of hydrogen-bond acceptors (Lipinski definition) is 4. The molecule has 0 rings (SSSR count). The average molecular weight is 230 g/mol. The van der Waals surface area contributed by atoms with Crippen molar-refractivity contribution in [3.8, 4) is 0 Å². The Morgan fingerprint density at radius 1 is 1.38 bits per heavy atom. The molecule has 92 valence electrons. The Labute approximate surface area is 95.1 Å². The van der Waals surface area contributed by atoms with Crippen molar-refractivity contribution < 1.29 is 24.2 Å². The van der Waals surface area contributed by atoms with Crippen molar-refractivity contribution in [3.05, 3.63) is 12.7 Å². The van der Waals surface area contributed by atoms with Crippen LogP contribution >= 0.6 is 0 Å². The standard InChI is InChI=1S/C9H14O3.C2H4O2/c1-4-6-8(7(3)10)9(11)12-5-2;1-2(3)4/h4,8H,1,5-6H2,2-3H3;1H3,(H,3,4). The van der Waals surface area contributed by atoms with Crippen LogP contribution in [0.25, 0.3) is 0 Å². The lowest BCUT2D eigenvalue weighted by Gasteiger charge is -2.09. The van der Waals surface area contributed by atoms with E-state index in [9.17, 15) is 9.59 Å². The second kappa shape index (κ2) is 9.89. The lowest BCUT2D eigenvalue weighted by atomic mass is 10.0. The van der Waals surface area contributed by atoms with Crippen LogP contribution in [0.3, 0.4) is 0 Å². The van der Waals surface area contributed by atoms with Crippen molar-refractivity contribution in [2.45, 2.75) is 27.2 Å². The number of Topliss-reactive ketones (excluding diaryl/α,β-unsaturated/α-hetero) is 1. The topological polar surface area (TPSA) is 80.7 Å². The number of allylic oxidation sites excluding steroid dienone is 1. The van der Waals surface area contributed by atoms with E-state index in [-0.39, 0.29) is 5.78 Å². The van der Waals surface area contributed by atoms with Crippen LogP contribution in [-0.4, -0.2) is 29.4 Å². The lowest BCUT2D eigenvalue weighted by Crippen LogP contribution is -2.23. The number of carbonyl (C=O) groups excluding carboxylic acids is 2. The van der Waals surface area contributed by atoms with Gasteiger partial charge in [0.2, 0.25) is 0 Å². The number of carbonyl (C=O) groups is 3. The van der Waals surface area contributed by atoms with Gasteiger partial charge in [-0.15, -0.1) is 6.58 Å². The molecular weight excluding hydrogens is 212 g/mol. The fourth-order valence-electron chi connectivity index (χ4n) is 0.838. The third kappa shape index (κ3) is 10.4.